The summed E-state index contributed by atoms with van der Waals surface area (Å²) < 4.78 is 4.58. The number of imidazole rings is 1. The van der Waals surface area contributed by atoms with Crippen LogP contribution in [0.25, 0.3) is 16.8 Å². The van der Waals surface area contributed by atoms with E-state index in [1.807, 2.05) is 36.0 Å². The molecule has 5 nitrogen and oxygen atoms in total. The van der Waals surface area contributed by atoms with E-state index in [1.165, 1.54) is 0 Å². The van der Waals surface area contributed by atoms with Crippen molar-refractivity contribution in [3.8, 4) is 16.8 Å². The average molecular weight is 318 g/mol. The largest absolute Gasteiger partial charge is 0.383 e. The van der Waals surface area contributed by atoms with Gasteiger partial charge >= 0.3 is 0 Å². The van der Waals surface area contributed by atoms with Crippen LogP contribution in [0.2, 0.25) is 0 Å². The zero-order valence-corrected chi connectivity index (χ0v) is 11.9. The summed E-state index contributed by atoms with van der Waals surface area (Å²) in [5.74, 6) is 0.655. The molecule has 0 aliphatic heterocycles. The third kappa shape index (κ3) is 2.04. The van der Waals surface area contributed by atoms with E-state index >= 15 is 0 Å². The first-order valence-corrected chi connectivity index (χ1v) is 6.52. The standard InChI is InChI=1S/C13H12BrN5/c1-18-13(15)10(7-17-18)9-2-3-12(11(14)6-9)19-5-4-16-8-19/h2-8H,15H2,1H3. The number of benzene rings is 1. The second-order valence-electron chi connectivity index (χ2n) is 4.20. The van der Waals surface area contributed by atoms with Gasteiger partial charge < -0.3 is 10.3 Å². The molecule has 0 radical (unpaired) electrons. The van der Waals surface area contributed by atoms with Crippen LogP contribution in [0, 0.1) is 0 Å². The molecule has 0 bridgehead atoms. The molecule has 1 aromatic carbocycles. The van der Waals surface area contributed by atoms with Crippen LogP contribution in [0.4, 0.5) is 5.82 Å². The minimum Gasteiger partial charge on any atom is -0.383 e. The highest BCUT2D eigenvalue weighted by Gasteiger charge is 2.10. The van der Waals surface area contributed by atoms with Crippen molar-refractivity contribution in [2.45, 2.75) is 0 Å². The monoisotopic (exact) mass is 317 g/mol. The zero-order chi connectivity index (χ0) is 13.4. The number of hydrogen-bond donors (Lipinski definition) is 1. The van der Waals surface area contributed by atoms with Crippen LogP contribution in [0.3, 0.4) is 0 Å². The summed E-state index contributed by atoms with van der Waals surface area (Å²) in [6.45, 7) is 0. The lowest BCUT2D eigenvalue weighted by molar-refractivity contribution is 0.779. The highest BCUT2D eigenvalue weighted by Crippen LogP contribution is 2.30. The lowest BCUT2D eigenvalue weighted by Crippen LogP contribution is -1.98. The highest BCUT2D eigenvalue weighted by atomic mass is 79.9. The Hall–Kier alpha value is -2.08. The Morgan fingerprint density at radius 3 is 2.74 bits per heavy atom. The van der Waals surface area contributed by atoms with E-state index in [2.05, 4.69) is 26.0 Å². The molecule has 2 heterocycles. The van der Waals surface area contributed by atoms with Gasteiger partial charge in [-0.15, -0.1) is 0 Å². The Balaban J connectivity index is 2.07. The number of nitrogen functional groups attached to an aromatic ring is 1. The zero-order valence-electron chi connectivity index (χ0n) is 10.3. The summed E-state index contributed by atoms with van der Waals surface area (Å²) in [5, 5.41) is 4.16. The summed E-state index contributed by atoms with van der Waals surface area (Å²) in [6, 6.07) is 6.07. The second-order valence-corrected chi connectivity index (χ2v) is 5.06. The first-order valence-electron chi connectivity index (χ1n) is 5.72. The van der Waals surface area contributed by atoms with Crippen molar-refractivity contribution >= 4 is 21.7 Å². The number of aryl methyl sites for hydroxylation is 1. The molecular weight excluding hydrogens is 306 g/mol. The van der Waals surface area contributed by atoms with Crippen molar-refractivity contribution in [1.29, 1.82) is 0 Å². The fraction of sp³-hybridized carbons (Fsp3) is 0.0769. The van der Waals surface area contributed by atoms with Crippen LogP contribution in [0.5, 0.6) is 0 Å². The van der Waals surface area contributed by atoms with Crippen LogP contribution >= 0.6 is 15.9 Å². The lowest BCUT2D eigenvalue weighted by Gasteiger charge is -2.08. The molecule has 0 saturated heterocycles. The Bertz CT molecular complexity index is 715. The van der Waals surface area contributed by atoms with E-state index in [0.29, 0.717) is 5.82 Å². The Labute approximate surface area is 118 Å². The summed E-state index contributed by atoms with van der Waals surface area (Å²) in [4.78, 5) is 4.05. The molecule has 0 aliphatic carbocycles. The Morgan fingerprint density at radius 1 is 1.32 bits per heavy atom. The number of hydrogen-bond acceptors (Lipinski definition) is 3. The van der Waals surface area contributed by atoms with Crippen LogP contribution < -0.4 is 5.73 Å². The quantitative estimate of drug-likeness (QED) is 0.790. The van der Waals surface area contributed by atoms with Crippen molar-refractivity contribution in [3.63, 3.8) is 0 Å². The van der Waals surface area contributed by atoms with Gasteiger partial charge in [0, 0.05) is 29.5 Å². The molecule has 0 amide bonds. The number of rotatable bonds is 2. The van der Waals surface area contributed by atoms with E-state index in [-0.39, 0.29) is 0 Å². The maximum Gasteiger partial charge on any atom is 0.129 e. The van der Waals surface area contributed by atoms with Crippen molar-refractivity contribution in [1.82, 2.24) is 19.3 Å². The van der Waals surface area contributed by atoms with Gasteiger partial charge in [-0.05, 0) is 33.6 Å². The normalized spacial score (nSPS) is 10.8. The molecule has 6 heteroatoms. The van der Waals surface area contributed by atoms with Gasteiger partial charge in [0.05, 0.1) is 18.2 Å². The molecule has 2 aromatic heterocycles. The summed E-state index contributed by atoms with van der Waals surface area (Å²) in [6.07, 6.45) is 7.18. The van der Waals surface area contributed by atoms with Gasteiger partial charge in [0.2, 0.25) is 0 Å². The topological polar surface area (TPSA) is 61.7 Å². The van der Waals surface area contributed by atoms with Crippen molar-refractivity contribution < 1.29 is 0 Å². The summed E-state index contributed by atoms with van der Waals surface area (Å²) >= 11 is 3.58. The average Bonchev–Trinajstić information content (AvgIpc) is 3.01. The minimum absolute atomic E-state index is 0.655. The fourth-order valence-electron chi connectivity index (χ4n) is 1.95. The maximum absolute atomic E-state index is 5.99. The van der Waals surface area contributed by atoms with E-state index in [4.69, 9.17) is 5.73 Å². The molecule has 3 rings (SSSR count). The van der Waals surface area contributed by atoms with Crippen LogP contribution in [0.1, 0.15) is 0 Å². The van der Waals surface area contributed by atoms with E-state index in [9.17, 15) is 0 Å². The van der Waals surface area contributed by atoms with Gasteiger partial charge in [-0.2, -0.15) is 5.10 Å². The third-order valence-electron chi connectivity index (χ3n) is 3.03. The van der Waals surface area contributed by atoms with Crippen molar-refractivity contribution in [3.05, 3.63) is 47.6 Å². The Kier molecular flexibility index (Phi) is 2.87. The molecule has 0 saturated carbocycles. The molecule has 0 aliphatic rings. The van der Waals surface area contributed by atoms with Crippen LogP contribution in [-0.2, 0) is 7.05 Å². The third-order valence-corrected chi connectivity index (χ3v) is 3.66. The molecule has 0 atom stereocenters. The molecule has 0 fully saturated rings. The van der Waals surface area contributed by atoms with Crippen molar-refractivity contribution in [2.75, 3.05) is 5.73 Å². The molecule has 96 valence electrons. The van der Waals surface area contributed by atoms with Crippen LogP contribution in [0.15, 0.2) is 47.6 Å². The van der Waals surface area contributed by atoms with Crippen LogP contribution in [-0.4, -0.2) is 19.3 Å². The number of aromatic nitrogens is 4. The van der Waals surface area contributed by atoms with Gasteiger partial charge in [-0.3, -0.25) is 4.68 Å². The van der Waals surface area contributed by atoms with Gasteiger partial charge in [0.1, 0.15) is 5.82 Å². The number of anilines is 1. The maximum atomic E-state index is 5.99. The molecule has 0 unspecified atom stereocenters. The lowest BCUT2D eigenvalue weighted by atomic mass is 10.1. The first-order chi connectivity index (χ1) is 9.16. The first kappa shape index (κ1) is 12.0. The summed E-state index contributed by atoms with van der Waals surface area (Å²) in [7, 11) is 1.83. The molecule has 19 heavy (non-hydrogen) atoms. The summed E-state index contributed by atoms with van der Waals surface area (Å²) in [5.41, 5.74) is 8.98. The molecule has 0 spiro atoms. The van der Waals surface area contributed by atoms with E-state index in [1.54, 1.807) is 23.4 Å². The SMILES string of the molecule is Cn1ncc(-c2ccc(-n3ccnc3)c(Br)c2)c1N. The van der Waals surface area contributed by atoms with E-state index < -0.39 is 0 Å². The second kappa shape index (κ2) is 4.55. The van der Waals surface area contributed by atoms with Crippen molar-refractivity contribution in [2.24, 2.45) is 7.05 Å². The number of nitrogens with two attached hydrogens (primary N) is 1. The smallest absolute Gasteiger partial charge is 0.129 e. The minimum atomic E-state index is 0.655. The number of halogens is 1. The van der Waals surface area contributed by atoms with Gasteiger partial charge in [0.25, 0.3) is 0 Å². The predicted molar refractivity (Wildman–Crippen MR) is 77.9 cm³/mol. The predicted octanol–water partition coefficient (Wildman–Crippen LogP) is 2.62. The Morgan fingerprint density at radius 2 is 2.16 bits per heavy atom. The van der Waals surface area contributed by atoms with Gasteiger partial charge in [0.15, 0.2) is 0 Å². The molecule has 2 N–H and O–H groups in total. The van der Waals surface area contributed by atoms with E-state index in [0.717, 1.165) is 21.3 Å². The molecular formula is C13H12BrN5. The highest BCUT2D eigenvalue weighted by molar-refractivity contribution is 9.10. The molecule has 3 aromatic rings. The van der Waals surface area contributed by atoms with Gasteiger partial charge in [-0.25, -0.2) is 4.98 Å². The number of nitrogens with zero attached hydrogens (tertiary/aromatic N) is 4. The fourth-order valence-corrected chi connectivity index (χ4v) is 2.54. The van der Waals surface area contributed by atoms with Gasteiger partial charge in [-0.1, -0.05) is 6.07 Å².